The number of nitrogens with one attached hydrogen (secondary N) is 1. The lowest BCUT2D eigenvalue weighted by Crippen LogP contribution is -2.41. The van der Waals surface area contributed by atoms with E-state index in [0.717, 1.165) is 29.4 Å². The van der Waals surface area contributed by atoms with E-state index in [0.29, 0.717) is 6.54 Å². The first-order valence-electron chi connectivity index (χ1n) is 8.30. The molecule has 1 aliphatic rings. The van der Waals surface area contributed by atoms with E-state index in [1.54, 1.807) is 11.0 Å². The van der Waals surface area contributed by atoms with E-state index in [4.69, 9.17) is 0 Å². The summed E-state index contributed by atoms with van der Waals surface area (Å²) in [7, 11) is 1.37. The molecular weight excluding hydrogens is 325 g/mol. The summed E-state index contributed by atoms with van der Waals surface area (Å²) in [4.78, 5) is 40.5. The Morgan fingerprint density at radius 2 is 2.12 bits per heavy atom. The summed E-state index contributed by atoms with van der Waals surface area (Å²) in [6.07, 6.45) is 3.81. The van der Waals surface area contributed by atoms with Gasteiger partial charge in [-0.3, -0.25) is 14.2 Å². The fourth-order valence-electron chi connectivity index (χ4n) is 3.30. The van der Waals surface area contributed by atoms with Gasteiger partial charge in [0.05, 0.1) is 12.5 Å². The highest BCUT2D eigenvalue weighted by Gasteiger charge is 2.28. The van der Waals surface area contributed by atoms with Gasteiger partial charge in [-0.25, -0.2) is 9.18 Å². The molecule has 6 nitrogen and oxygen atoms in total. The molecule has 0 aliphatic carbocycles. The first-order chi connectivity index (χ1) is 12.0. The predicted octanol–water partition coefficient (Wildman–Crippen LogP) is 1.51. The van der Waals surface area contributed by atoms with Crippen molar-refractivity contribution in [1.29, 1.82) is 0 Å². The second kappa shape index (κ2) is 7.04. The lowest BCUT2D eigenvalue weighted by Gasteiger charge is -2.36. The van der Waals surface area contributed by atoms with Gasteiger partial charge >= 0.3 is 5.69 Å². The highest BCUT2D eigenvalue weighted by molar-refractivity contribution is 5.79. The van der Waals surface area contributed by atoms with Crippen molar-refractivity contribution in [2.45, 2.75) is 31.7 Å². The van der Waals surface area contributed by atoms with Crippen LogP contribution in [0.2, 0.25) is 0 Å². The van der Waals surface area contributed by atoms with Gasteiger partial charge in [-0.1, -0.05) is 12.1 Å². The van der Waals surface area contributed by atoms with Crippen molar-refractivity contribution in [2.75, 3.05) is 6.54 Å². The molecule has 25 heavy (non-hydrogen) atoms. The van der Waals surface area contributed by atoms with Crippen LogP contribution in [0.5, 0.6) is 0 Å². The molecule has 132 valence electrons. The smallest absolute Gasteiger partial charge is 0.328 e. The van der Waals surface area contributed by atoms with Crippen LogP contribution >= 0.6 is 0 Å². The van der Waals surface area contributed by atoms with Crippen LogP contribution in [0.4, 0.5) is 4.39 Å². The van der Waals surface area contributed by atoms with E-state index in [2.05, 4.69) is 4.98 Å². The molecule has 0 unspecified atom stereocenters. The molecule has 1 aromatic carbocycles. The summed E-state index contributed by atoms with van der Waals surface area (Å²) >= 11 is 0. The Bertz CT molecular complexity index is 903. The summed E-state index contributed by atoms with van der Waals surface area (Å²) < 4.78 is 14.5. The molecule has 1 amide bonds. The van der Waals surface area contributed by atoms with Crippen molar-refractivity contribution in [1.82, 2.24) is 14.5 Å². The van der Waals surface area contributed by atoms with Crippen LogP contribution < -0.4 is 11.2 Å². The molecule has 2 heterocycles. The Kier molecular flexibility index (Phi) is 4.83. The number of piperidine rings is 1. The average Bonchev–Trinajstić information content (AvgIpc) is 2.62. The van der Waals surface area contributed by atoms with Crippen molar-refractivity contribution in [3.05, 3.63) is 68.2 Å². The Hall–Kier alpha value is -2.70. The zero-order valence-corrected chi connectivity index (χ0v) is 14.0. The molecular formula is C18H20FN3O3. The van der Waals surface area contributed by atoms with Crippen molar-refractivity contribution < 1.29 is 9.18 Å². The van der Waals surface area contributed by atoms with E-state index < -0.39 is 11.2 Å². The first kappa shape index (κ1) is 17.1. The highest BCUT2D eigenvalue weighted by Crippen LogP contribution is 2.31. The highest BCUT2D eigenvalue weighted by atomic mass is 19.1. The molecule has 1 atom stereocenters. The Labute approximate surface area is 143 Å². The average molecular weight is 345 g/mol. The third kappa shape index (κ3) is 3.55. The number of nitrogens with zero attached hydrogens (tertiary/aromatic N) is 2. The van der Waals surface area contributed by atoms with Gasteiger partial charge in [0.25, 0.3) is 5.56 Å². The largest absolute Gasteiger partial charge is 0.335 e. The van der Waals surface area contributed by atoms with Crippen LogP contribution in [0.25, 0.3) is 0 Å². The maximum atomic E-state index is 13.6. The Morgan fingerprint density at radius 1 is 1.32 bits per heavy atom. The first-order valence-corrected chi connectivity index (χ1v) is 8.30. The van der Waals surface area contributed by atoms with Gasteiger partial charge < -0.3 is 9.88 Å². The van der Waals surface area contributed by atoms with E-state index in [1.807, 2.05) is 6.07 Å². The Balaban J connectivity index is 1.85. The van der Waals surface area contributed by atoms with Gasteiger partial charge in [-0.2, -0.15) is 0 Å². The van der Waals surface area contributed by atoms with Crippen LogP contribution in [-0.2, 0) is 18.3 Å². The van der Waals surface area contributed by atoms with E-state index in [9.17, 15) is 18.8 Å². The van der Waals surface area contributed by atoms with Crippen LogP contribution in [0.3, 0.4) is 0 Å². The number of hydrogen-bond donors (Lipinski definition) is 1. The lowest BCUT2D eigenvalue weighted by molar-refractivity contribution is -0.134. The Morgan fingerprint density at radius 3 is 2.88 bits per heavy atom. The molecule has 1 saturated heterocycles. The summed E-state index contributed by atoms with van der Waals surface area (Å²) in [5.41, 5.74) is 0.0197. The van der Waals surface area contributed by atoms with Gasteiger partial charge in [0.1, 0.15) is 5.82 Å². The number of aromatic amines is 1. The third-order valence-electron chi connectivity index (χ3n) is 4.65. The minimum Gasteiger partial charge on any atom is -0.335 e. The van der Waals surface area contributed by atoms with Crippen LogP contribution in [0.15, 0.2) is 40.1 Å². The van der Waals surface area contributed by atoms with E-state index in [-0.39, 0.29) is 29.8 Å². The predicted molar refractivity (Wildman–Crippen MR) is 90.7 cm³/mol. The molecule has 1 N–H and O–H groups in total. The fraction of sp³-hybridized carbons (Fsp3) is 0.389. The molecule has 1 aromatic heterocycles. The summed E-state index contributed by atoms with van der Waals surface area (Å²) in [5, 5.41) is 0. The zero-order chi connectivity index (χ0) is 18.0. The second-order valence-corrected chi connectivity index (χ2v) is 6.31. The van der Waals surface area contributed by atoms with Gasteiger partial charge in [0, 0.05) is 25.4 Å². The second-order valence-electron chi connectivity index (χ2n) is 6.31. The molecule has 1 aliphatic heterocycles. The number of likely N-dealkylation sites (tertiary alicyclic amines) is 1. The number of halogens is 1. The number of carbonyl (C=O) groups excluding carboxylic acids is 1. The molecule has 3 rings (SSSR count). The summed E-state index contributed by atoms with van der Waals surface area (Å²) in [5.74, 6) is -0.525. The topological polar surface area (TPSA) is 75.2 Å². The molecule has 0 spiro atoms. The van der Waals surface area contributed by atoms with Crippen molar-refractivity contribution in [3.63, 3.8) is 0 Å². The van der Waals surface area contributed by atoms with Crippen LogP contribution in [0.1, 0.15) is 36.4 Å². The molecule has 1 fully saturated rings. The van der Waals surface area contributed by atoms with Crippen molar-refractivity contribution in [3.8, 4) is 0 Å². The molecule has 0 bridgehead atoms. The fourth-order valence-corrected chi connectivity index (χ4v) is 3.30. The number of aromatic nitrogens is 2. The van der Waals surface area contributed by atoms with E-state index >= 15 is 0 Å². The maximum absolute atomic E-state index is 13.6. The summed E-state index contributed by atoms with van der Waals surface area (Å²) in [6.45, 7) is 0.573. The SMILES string of the molecule is Cn1c(=O)[nH]cc(CC(=O)N2CCCC[C@H]2c2cccc(F)c2)c1=O. The molecule has 0 saturated carbocycles. The maximum Gasteiger partial charge on any atom is 0.328 e. The van der Waals surface area contributed by atoms with Crippen molar-refractivity contribution in [2.24, 2.45) is 7.05 Å². The van der Waals surface area contributed by atoms with Gasteiger partial charge in [-0.15, -0.1) is 0 Å². The quantitative estimate of drug-likeness (QED) is 0.916. The van der Waals surface area contributed by atoms with Gasteiger partial charge in [0.2, 0.25) is 5.91 Å². The van der Waals surface area contributed by atoms with Gasteiger partial charge in [0.15, 0.2) is 0 Å². The van der Waals surface area contributed by atoms with Crippen LogP contribution in [-0.4, -0.2) is 26.9 Å². The third-order valence-corrected chi connectivity index (χ3v) is 4.65. The zero-order valence-electron chi connectivity index (χ0n) is 14.0. The molecule has 2 aromatic rings. The van der Waals surface area contributed by atoms with Gasteiger partial charge in [-0.05, 0) is 37.0 Å². The number of hydrogen-bond acceptors (Lipinski definition) is 3. The number of benzene rings is 1. The molecule has 0 radical (unpaired) electrons. The van der Waals surface area contributed by atoms with E-state index in [1.165, 1.54) is 25.4 Å². The standard InChI is InChI=1S/C18H20FN3O3/c1-21-17(24)13(11-20-18(21)25)10-16(23)22-8-3-2-7-15(22)12-5-4-6-14(19)9-12/h4-6,9,11,15H,2-3,7-8,10H2,1H3,(H,20,25)/t15-/m0/s1. The molecule has 7 heteroatoms. The van der Waals surface area contributed by atoms with Crippen molar-refractivity contribution >= 4 is 5.91 Å². The van der Waals surface area contributed by atoms with Crippen LogP contribution in [0, 0.1) is 5.82 Å². The number of amides is 1. The number of H-pyrrole nitrogens is 1. The summed E-state index contributed by atoms with van der Waals surface area (Å²) in [6, 6.07) is 6.10. The normalized spacial score (nSPS) is 17.5. The minimum absolute atomic E-state index is 0.0880. The minimum atomic E-state index is -0.517. The lowest BCUT2D eigenvalue weighted by atomic mass is 9.94. The monoisotopic (exact) mass is 345 g/mol. The number of rotatable bonds is 3. The number of carbonyl (C=O) groups is 1.